The molecular weight excluding hydrogens is 364 g/mol. The van der Waals surface area contributed by atoms with Gasteiger partial charge in [-0.05, 0) is 37.6 Å². The zero-order valence-electron chi connectivity index (χ0n) is 15.9. The lowest BCUT2D eigenvalue weighted by molar-refractivity contribution is 0.254. The van der Waals surface area contributed by atoms with Crippen LogP contribution in [0.3, 0.4) is 0 Å². The van der Waals surface area contributed by atoms with Gasteiger partial charge in [-0.15, -0.1) is 0 Å². The minimum Gasteiger partial charge on any atom is -0.494 e. The summed E-state index contributed by atoms with van der Waals surface area (Å²) in [6.45, 7) is 5.88. The van der Waals surface area contributed by atoms with Gasteiger partial charge in [-0.3, -0.25) is 4.99 Å². The molecule has 0 amide bonds. The molecule has 2 aromatic rings. The number of aliphatic imine (C=N–C) groups is 1. The molecule has 2 heterocycles. The molecule has 1 aliphatic heterocycles. The second kappa shape index (κ2) is 8.95. The fraction of sp³-hybridized carbons (Fsp3) is 0.400. The third-order valence-electron chi connectivity index (χ3n) is 4.30. The zero-order valence-corrected chi connectivity index (χ0v) is 16.6. The van der Waals surface area contributed by atoms with Gasteiger partial charge in [-0.25, -0.2) is 4.98 Å². The molecule has 1 aliphatic rings. The van der Waals surface area contributed by atoms with Gasteiger partial charge in [-0.2, -0.15) is 0 Å². The van der Waals surface area contributed by atoms with E-state index in [0.717, 1.165) is 29.0 Å². The highest BCUT2D eigenvalue weighted by molar-refractivity contribution is 6.29. The highest BCUT2D eigenvalue weighted by Gasteiger charge is 2.21. The molecule has 0 saturated carbocycles. The van der Waals surface area contributed by atoms with Crippen molar-refractivity contribution < 1.29 is 9.47 Å². The number of nitrogens with zero attached hydrogens (tertiary/aromatic N) is 2. The van der Waals surface area contributed by atoms with E-state index in [2.05, 4.69) is 39.7 Å². The molecule has 0 saturated heterocycles. The van der Waals surface area contributed by atoms with Gasteiger partial charge in [0.2, 0.25) is 0 Å². The Bertz CT molecular complexity index is 808. The summed E-state index contributed by atoms with van der Waals surface area (Å²) in [6.07, 6.45) is 2.87. The van der Waals surface area contributed by atoms with E-state index in [0.29, 0.717) is 30.8 Å². The van der Waals surface area contributed by atoms with Crippen molar-refractivity contribution >= 4 is 17.6 Å². The topological polar surface area (TPSA) is 67.8 Å². The molecule has 0 spiro atoms. The van der Waals surface area contributed by atoms with E-state index in [4.69, 9.17) is 21.1 Å². The van der Waals surface area contributed by atoms with Gasteiger partial charge in [0.05, 0.1) is 6.61 Å². The normalized spacial score (nSPS) is 15.9. The van der Waals surface area contributed by atoms with Gasteiger partial charge >= 0.3 is 0 Å². The molecule has 1 aromatic carbocycles. The molecule has 0 bridgehead atoms. The van der Waals surface area contributed by atoms with Crippen LogP contribution in [0.1, 0.15) is 30.5 Å². The SMILES string of the molecule is CCOc1cc2c(cc1CNC(=NC)NCc1ccc(Cl)nc1)OC(C)C2. The first kappa shape index (κ1) is 19.3. The van der Waals surface area contributed by atoms with Gasteiger partial charge in [0.25, 0.3) is 0 Å². The Morgan fingerprint density at radius 2 is 2.15 bits per heavy atom. The number of guanidine groups is 1. The van der Waals surface area contributed by atoms with E-state index in [1.54, 1.807) is 19.3 Å². The summed E-state index contributed by atoms with van der Waals surface area (Å²) in [4.78, 5) is 8.35. The van der Waals surface area contributed by atoms with Crippen LogP contribution in [0.2, 0.25) is 5.15 Å². The van der Waals surface area contributed by atoms with E-state index in [1.165, 1.54) is 5.56 Å². The van der Waals surface area contributed by atoms with E-state index in [-0.39, 0.29) is 6.10 Å². The Morgan fingerprint density at radius 3 is 2.85 bits per heavy atom. The van der Waals surface area contributed by atoms with Crippen molar-refractivity contribution in [3.05, 3.63) is 52.3 Å². The summed E-state index contributed by atoms with van der Waals surface area (Å²) < 4.78 is 11.7. The molecule has 6 nitrogen and oxygen atoms in total. The molecule has 7 heteroatoms. The van der Waals surface area contributed by atoms with E-state index in [1.807, 2.05) is 13.0 Å². The molecule has 1 atom stereocenters. The largest absolute Gasteiger partial charge is 0.494 e. The van der Waals surface area contributed by atoms with E-state index in [9.17, 15) is 0 Å². The number of nitrogens with one attached hydrogen (secondary N) is 2. The van der Waals surface area contributed by atoms with Crippen LogP contribution in [0.5, 0.6) is 11.5 Å². The van der Waals surface area contributed by atoms with Crippen molar-refractivity contribution in [1.82, 2.24) is 15.6 Å². The van der Waals surface area contributed by atoms with Crippen LogP contribution < -0.4 is 20.1 Å². The Balaban J connectivity index is 1.63. The lowest BCUT2D eigenvalue weighted by Crippen LogP contribution is -2.36. The smallest absolute Gasteiger partial charge is 0.191 e. The lowest BCUT2D eigenvalue weighted by atomic mass is 10.1. The molecular formula is C20H25ClN4O2. The fourth-order valence-electron chi connectivity index (χ4n) is 3.01. The Kier molecular flexibility index (Phi) is 6.40. The number of aromatic nitrogens is 1. The summed E-state index contributed by atoms with van der Waals surface area (Å²) in [5.41, 5.74) is 3.27. The maximum absolute atomic E-state index is 5.88. The molecule has 0 aliphatic carbocycles. The number of hydrogen-bond acceptors (Lipinski definition) is 4. The summed E-state index contributed by atoms with van der Waals surface area (Å²) >= 11 is 5.82. The van der Waals surface area contributed by atoms with Gasteiger partial charge in [0, 0.05) is 43.9 Å². The van der Waals surface area contributed by atoms with Crippen LogP contribution in [-0.4, -0.2) is 30.7 Å². The maximum atomic E-state index is 5.88. The molecule has 27 heavy (non-hydrogen) atoms. The monoisotopic (exact) mass is 388 g/mol. The van der Waals surface area contributed by atoms with Crippen LogP contribution in [0, 0.1) is 0 Å². The Hall–Kier alpha value is -2.47. The number of ether oxygens (including phenoxy) is 2. The van der Waals surface area contributed by atoms with Crippen molar-refractivity contribution in [3.8, 4) is 11.5 Å². The van der Waals surface area contributed by atoms with E-state index < -0.39 is 0 Å². The van der Waals surface area contributed by atoms with Gasteiger partial charge < -0.3 is 20.1 Å². The summed E-state index contributed by atoms with van der Waals surface area (Å²) in [5.74, 6) is 2.53. The predicted octanol–water partition coefficient (Wildman–Crippen LogP) is 3.32. The highest BCUT2D eigenvalue weighted by atomic mass is 35.5. The van der Waals surface area contributed by atoms with Crippen LogP contribution in [0.15, 0.2) is 35.5 Å². The number of rotatable bonds is 6. The molecule has 2 N–H and O–H groups in total. The average molecular weight is 389 g/mol. The molecule has 1 unspecified atom stereocenters. The predicted molar refractivity (Wildman–Crippen MR) is 108 cm³/mol. The lowest BCUT2D eigenvalue weighted by Gasteiger charge is -2.15. The van der Waals surface area contributed by atoms with Crippen LogP contribution in [0.25, 0.3) is 0 Å². The highest BCUT2D eigenvalue weighted by Crippen LogP contribution is 2.35. The molecule has 0 radical (unpaired) electrons. The molecule has 0 fully saturated rings. The second-order valence-electron chi connectivity index (χ2n) is 6.40. The third-order valence-corrected chi connectivity index (χ3v) is 4.52. The van der Waals surface area contributed by atoms with E-state index >= 15 is 0 Å². The summed E-state index contributed by atoms with van der Waals surface area (Å²) in [7, 11) is 1.74. The summed E-state index contributed by atoms with van der Waals surface area (Å²) in [6, 6.07) is 7.86. The van der Waals surface area contributed by atoms with Gasteiger partial charge in [-0.1, -0.05) is 17.7 Å². The standard InChI is InChI=1S/C20H25ClN4O2/c1-4-26-17-8-15-7-13(2)27-18(15)9-16(17)12-25-20(22-3)24-11-14-5-6-19(21)23-10-14/h5-6,8-10,13H,4,7,11-12H2,1-3H3,(H2,22,24,25). The van der Waals surface area contributed by atoms with Crippen LogP contribution in [-0.2, 0) is 19.5 Å². The van der Waals surface area contributed by atoms with Gasteiger partial charge in [0.15, 0.2) is 5.96 Å². The first-order valence-electron chi connectivity index (χ1n) is 9.09. The second-order valence-corrected chi connectivity index (χ2v) is 6.79. The molecule has 3 rings (SSSR count). The maximum Gasteiger partial charge on any atom is 0.191 e. The Morgan fingerprint density at radius 1 is 1.33 bits per heavy atom. The number of halogens is 1. The van der Waals surface area contributed by atoms with Crippen LogP contribution in [0.4, 0.5) is 0 Å². The number of benzene rings is 1. The van der Waals surface area contributed by atoms with Crippen molar-refractivity contribution in [3.63, 3.8) is 0 Å². The third kappa shape index (κ3) is 5.04. The number of fused-ring (bicyclic) bond motifs is 1. The summed E-state index contributed by atoms with van der Waals surface area (Å²) in [5, 5.41) is 7.08. The quantitative estimate of drug-likeness (QED) is 0.451. The molecule has 144 valence electrons. The zero-order chi connectivity index (χ0) is 19.2. The van der Waals surface area contributed by atoms with Crippen molar-refractivity contribution in [2.75, 3.05) is 13.7 Å². The first-order chi connectivity index (χ1) is 13.1. The minimum absolute atomic E-state index is 0.208. The molecule has 1 aromatic heterocycles. The Labute approximate surface area is 165 Å². The minimum atomic E-state index is 0.208. The fourth-order valence-corrected chi connectivity index (χ4v) is 3.12. The first-order valence-corrected chi connectivity index (χ1v) is 9.47. The van der Waals surface area contributed by atoms with Crippen molar-refractivity contribution in [2.24, 2.45) is 4.99 Å². The van der Waals surface area contributed by atoms with Crippen molar-refractivity contribution in [2.45, 2.75) is 39.5 Å². The average Bonchev–Trinajstić information content (AvgIpc) is 3.02. The van der Waals surface area contributed by atoms with Crippen molar-refractivity contribution in [1.29, 1.82) is 0 Å². The number of pyridine rings is 1. The van der Waals surface area contributed by atoms with Crippen LogP contribution >= 0.6 is 11.6 Å². The van der Waals surface area contributed by atoms with Gasteiger partial charge in [0.1, 0.15) is 22.8 Å². The number of hydrogen-bond donors (Lipinski definition) is 2.